The Balaban J connectivity index is 0.000000268. The molecule has 0 radical (unpaired) electrons. The predicted octanol–water partition coefficient (Wildman–Crippen LogP) is -3.00. The SMILES string of the molecule is C=C1CCC(N)C(=O)N1.Nc1c(C(=O)NC2CCC(=O)NC2=O)cccc1[N+](=O)[O-].Nc1c(C(=O)O)cccc1[N+](=O)[O-].Nc1cccc2c(=O)n(C3CCC(=O)NC3=O)nnc12.O=C1CCC(n2nnc3c([N+](=O)[O-])cccc3c2=O)C(=O)N1.O=N[O-].O=c1[nH]c2c([N+](=O)[O-])cccc2c(=O)o1.[Fe].[Na+]. The number of hydrogen-bond acceptors (Lipinski definition) is 33. The van der Waals surface area contributed by atoms with E-state index in [1.807, 2.05) is 0 Å². The maximum absolute atomic E-state index is 12.4. The first kappa shape index (κ1) is 84.0. The number of allylic oxidation sites excluding steroid dienone is 1. The number of imide groups is 3. The molecule has 544 valence electrons. The molecule has 0 bridgehead atoms. The number of nitro groups is 4. The molecule has 4 atom stereocenters. The fourth-order valence-electron chi connectivity index (χ4n) is 9.48. The maximum Gasteiger partial charge on any atom is 1.00 e. The van der Waals surface area contributed by atoms with Crippen LogP contribution < -0.4 is 102 Å². The van der Waals surface area contributed by atoms with Gasteiger partial charge in [0.25, 0.3) is 51.6 Å². The van der Waals surface area contributed by atoms with Crippen molar-refractivity contribution >= 4 is 126 Å². The number of carbonyl (C=O) groups excluding carboxylic acids is 8. The van der Waals surface area contributed by atoms with Gasteiger partial charge in [0, 0.05) is 66.3 Å². The minimum Gasteiger partial charge on any atom is -0.478 e. The molecule has 4 fully saturated rings. The number of fused-ring (bicyclic) bond motifs is 3. The van der Waals surface area contributed by atoms with Crippen LogP contribution in [0.15, 0.2) is 132 Å². The number of amides is 8. The van der Waals surface area contributed by atoms with Gasteiger partial charge in [0.1, 0.15) is 40.5 Å². The van der Waals surface area contributed by atoms with Crippen molar-refractivity contribution in [2.45, 2.75) is 75.5 Å². The number of anilines is 3. The van der Waals surface area contributed by atoms with Crippen molar-refractivity contribution in [2.75, 3.05) is 17.2 Å². The predicted molar refractivity (Wildman–Crippen MR) is 351 cm³/mol. The summed E-state index contributed by atoms with van der Waals surface area (Å²) in [5.74, 6) is -6.06. The van der Waals surface area contributed by atoms with E-state index in [4.69, 9.17) is 38.2 Å². The van der Waals surface area contributed by atoms with E-state index in [9.17, 15) is 103 Å². The Morgan fingerprint density at radius 2 is 0.990 bits per heavy atom. The molecule has 8 aromatic rings. The number of rotatable bonds is 9. The first-order chi connectivity index (χ1) is 48.7. The minimum absolute atomic E-state index is 0. The number of aromatic carboxylic acids is 1. The second kappa shape index (κ2) is 37.9. The van der Waals surface area contributed by atoms with Crippen LogP contribution in [0.1, 0.15) is 84.2 Å². The molecule has 4 saturated heterocycles. The molecule has 105 heavy (non-hydrogen) atoms. The van der Waals surface area contributed by atoms with Gasteiger partial charge in [-0.1, -0.05) is 47.3 Å². The van der Waals surface area contributed by atoms with Crippen LogP contribution in [0.2, 0.25) is 0 Å². The molecule has 15 N–H and O–H groups in total. The zero-order valence-electron chi connectivity index (χ0n) is 53.7. The second-order valence-electron chi connectivity index (χ2n) is 21.1. The number of piperidine rings is 4. The zero-order chi connectivity index (χ0) is 76.3. The van der Waals surface area contributed by atoms with E-state index in [1.165, 1.54) is 66.7 Å². The van der Waals surface area contributed by atoms with Gasteiger partial charge in [-0.25, -0.2) is 14.4 Å². The Hall–Kier alpha value is -13.4. The number of non-ortho nitro benzene ring substituents is 2. The number of carbonyl (C=O) groups is 9. The molecular weight excluding hydrogens is 1460 g/mol. The number of para-hydroxylation sites is 3. The van der Waals surface area contributed by atoms with Gasteiger partial charge in [0.15, 0.2) is 5.52 Å². The third kappa shape index (κ3) is 21.3. The molecule has 7 heterocycles. The van der Waals surface area contributed by atoms with Gasteiger partial charge in [0.2, 0.25) is 29.5 Å². The Morgan fingerprint density at radius 3 is 1.46 bits per heavy atom. The Morgan fingerprint density at radius 1 is 0.571 bits per heavy atom. The molecule has 0 spiro atoms. The number of H-pyrrole nitrogens is 1. The molecule has 48 heteroatoms. The van der Waals surface area contributed by atoms with Crippen LogP contribution >= 0.6 is 0 Å². The standard InChI is InChI=1S/C12H9N5O5.C12H11N5O3.C12H12N4O5.C8H4N2O5.C7H6N2O4.C6H10N2O.Fe.HNO2.Na/c18-9-5-4-8(11(19)13-9)16-12(20)6-2-1-3-7(17(21)22)10(6)14-15-16;13-7-3-1-2-6-10(7)15-16-17(12(6)20)8-4-5-9(18)14-11(8)19;13-10-6(2-1-3-8(10)16(20)21)11(18)14-7-4-5-9(17)15-12(7)19;11-7-4-2-1-3-5(10(13)14)6(4)9-8(12)15-7;8-6-4(7(10)11)2-1-3-5(6)9(12)13;1-4-2-3-5(7)6(9)8-4;;2-1-3;/h1-3,8H,4-5H2,(H,13,18,19);1-3,8H,4-5,13H2,(H,14,18,19);1-3,7H,4-5,13H2,(H,14,18)(H,15,17,19);1-3H,(H,9,12);1-3H,8H2,(H,10,11);5H,1-3,7H2,(H,8,9);;(H,2,3);/q;;;;;;;;+1/p-1. The fourth-order valence-corrected chi connectivity index (χ4v) is 9.48. The summed E-state index contributed by atoms with van der Waals surface area (Å²) < 4.78 is 6.09. The summed E-state index contributed by atoms with van der Waals surface area (Å²) in [5, 5.41) is 86.8. The third-order valence-electron chi connectivity index (χ3n) is 14.5. The number of nitrogens with two attached hydrogens (primary N) is 4. The summed E-state index contributed by atoms with van der Waals surface area (Å²) in [6, 6.07) is 17.2. The van der Waals surface area contributed by atoms with E-state index in [1.54, 1.807) is 18.2 Å². The monoisotopic (exact) mass is 1510 g/mol. The molecule has 4 aliphatic rings. The van der Waals surface area contributed by atoms with Gasteiger partial charge in [-0.2, -0.15) is 9.36 Å². The number of hydrogen-bond donors (Lipinski definition) is 11. The topological polar surface area (TPSA) is 722 Å². The number of nitro benzene ring substituents is 4. The number of nitrogens with zero attached hydrogens (tertiary/aromatic N) is 11. The van der Waals surface area contributed by atoms with Crippen molar-refractivity contribution in [1.29, 1.82) is 0 Å². The first-order valence-electron chi connectivity index (χ1n) is 29.0. The minimum atomic E-state index is -1.28. The van der Waals surface area contributed by atoms with Crippen LogP contribution in [0.25, 0.3) is 32.7 Å². The van der Waals surface area contributed by atoms with Gasteiger partial charge in [-0.15, -0.1) is 15.5 Å². The molecular formula is C57H52FeN21NaO25. The Labute approximate surface area is 613 Å². The third-order valence-corrected chi connectivity index (χ3v) is 14.5. The van der Waals surface area contributed by atoms with Crippen LogP contribution in [0.4, 0.5) is 39.8 Å². The van der Waals surface area contributed by atoms with E-state index in [0.717, 1.165) is 39.3 Å². The number of aromatic amines is 1. The van der Waals surface area contributed by atoms with Gasteiger partial charge in [-0.3, -0.25) is 109 Å². The van der Waals surface area contributed by atoms with E-state index < -0.39 is 102 Å². The van der Waals surface area contributed by atoms with E-state index in [0.29, 0.717) is 16.6 Å². The van der Waals surface area contributed by atoms with E-state index in [-0.39, 0.29) is 170 Å². The van der Waals surface area contributed by atoms with Crippen molar-refractivity contribution in [3.05, 3.63) is 207 Å². The molecule has 4 unspecified atom stereocenters. The maximum atomic E-state index is 12.4. The van der Waals surface area contributed by atoms with Crippen LogP contribution in [0, 0.1) is 50.6 Å². The second-order valence-corrected chi connectivity index (χ2v) is 21.1. The number of carboxylic acids is 1. The van der Waals surface area contributed by atoms with Crippen LogP contribution in [0.5, 0.6) is 0 Å². The summed E-state index contributed by atoms with van der Waals surface area (Å²) in [7, 11) is 0. The van der Waals surface area contributed by atoms with Crippen LogP contribution in [0.3, 0.4) is 0 Å². The molecule has 46 nitrogen and oxygen atoms in total. The van der Waals surface area contributed by atoms with Crippen LogP contribution in [-0.4, -0.2) is 125 Å². The summed E-state index contributed by atoms with van der Waals surface area (Å²) in [5.41, 5.74) is 18.8. The fraction of sp³-hybridized carbons (Fsp3) is 0.211. The number of nitrogens with one attached hydrogen (secondary N) is 6. The summed E-state index contributed by atoms with van der Waals surface area (Å²) in [6.45, 7) is 3.61. The average molecular weight is 1510 g/mol. The molecule has 3 aromatic heterocycles. The van der Waals surface area contributed by atoms with E-state index in [2.05, 4.69) is 63.2 Å². The van der Waals surface area contributed by atoms with Crippen molar-refractivity contribution in [1.82, 2.24) is 61.6 Å². The number of benzene rings is 5. The Bertz CT molecular complexity index is 5060. The van der Waals surface area contributed by atoms with Crippen molar-refractivity contribution in [2.24, 2.45) is 11.1 Å². The van der Waals surface area contributed by atoms with E-state index >= 15 is 0 Å². The van der Waals surface area contributed by atoms with Crippen molar-refractivity contribution < 1.29 is 119 Å². The summed E-state index contributed by atoms with van der Waals surface area (Å²) in [4.78, 5) is 198. The number of nitrogen functional groups attached to an aromatic ring is 3. The first-order valence-corrected chi connectivity index (χ1v) is 29.0. The normalized spacial score (nSPS) is 16.2. The molecule has 0 saturated carbocycles. The average Bonchev–Trinajstić information content (AvgIpc) is 0.793. The number of aromatic nitrogens is 7. The summed E-state index contributed by atoms with van der Waals surface area (Å²) >= 11 is 0. The van der Waals surface area contributed by atoms with Crippen molar-refractivity contribution in [3.8, 4) is 0 Å². The van der Waals surface area contributed by atoms with Crippen molar-refractivity contribution in [3.63, 3.8) is 0 Å². The molecule has 4 aliphatic heterocycles. The quantitative estimate of drug-likeness (QED) is 0.0171. The smallest absolute Gasteiger partial charge is 0.478 e. The van der Waals surface area contributed by atoms with Gasteiger partial charge < -0.3 is 53.2 Å². The largest absolute Gasteiger partial charge is 1.00 e. The van der Waals surface area contributed by atoms with Gasteiger partial charge in [-0.05, 0) is 68.5 Å². The number of carboxylic acid groups (broad SMARTS) is 1. The zero-order valence-corrected chi connectivity index (χ0v) is 56.8. The molecule has 5 aromatic carbocycles. The molecule has 0 aliphatic carbocycles. The van der Waals surface area contributed by atoms with Gasteiger partial charge >= 0.3 is 46.9 Å². The molecule has 12 rings (SSSR count). The van der Waals surface area contributed by atoms with Gasteiger partial charge in [0.05, 0.1) is 58.7 Å². The molecule has 8 amide bonds. The van der Waals surface area contributed by atoms with Crippen LogP contribution in [-0.2, 0) is 50.6 Å². The Kier molecular flexibility index (Phi) is 30.3. The summed E-state index contributed by atoms with van der Waals surface area (Å²) in [6.07, 6.45) is 2.42.